The highest BCUT2D eigenvalue weighted by Gasteiger charge is 2.34. The van der Waals surface area contributed by atoms with E-state index < -0.39 is 5.92 Å². The van der Waals surface area contributed by atoms with Crippen molar-refractivity contribution in [3.05, 3.63) is 30.3 Å². The molecule has 0 spiro atoms. The second kappa shape index (κ2) is 3.62. The summed E-state index contributed by atoms with van der Waals surface area (Å²) in [6.45, 7) is 0. The summed E-state index contributed by atoms with van der Waals surface area (Å²) in [5.74, 6) is -0.527. The van der Waals surface area contributed by atoms with Gasteiger partial charge in [0.05, 0.1) is 5.92 Å². The standard InChI is InChI=1S/C11H11NO2/c13-10-7-6-9(10)11(14)12-8-4-2-1-3-5-8/h1-5,9H,6-7H2,(H,12,14). The van der Waals surface area contributed by atoms with Gasteiger partial charge >= 0.3 is 0 Å². The molecule has 1 N–H and O–H groups in total. The Kier molecular flexibility index (Phi) is 2.31. The van der Waals surface area contributed by atoms with E-state index in [9.17, 15) is 9.59 Å². The van der Waals surface area contributed by atoms with E-state index in [1.165, 1.54) is 0 Å². The number of benzene rings is 1. The van der Waals surface area contributed by atoms with E-state index in [2.05, 4.69) is 5.32 Å². The van der Waals surface area contributed by atoms with Crippen LogP contribution in [-0.2, 0) is 9.59 Å². The number of carbonyl (C=O) groups is 2. The summed E-state index contributed by atoms with van der Waals surface area (Å²) in [4.78, 5) is 22.5. The van der Waals surface area contributed by atoms with Gasteiger partial charge in [0.15, 0.2) is 0 Å². The van der Waals surface area contributed by atoms with Gasteiger partial charge in [-0.3, -0.25) is 9.59 Å². The molecule has 1 aromatic rings. The van der Waals surface area contributed by atoms with Gasteiger partial charge in [0, 0.05) is 12.1 Å². The molecule has 1 aliphatic rings. The first-order chi connectivity index (χ1) is 6.77. The Balaban J connectivity index is 1.98. The molecule has 0 heterocycles. The van der Waals surface area contributed by atoms with E-state index in [0.717, 1.165) is 5.69 Å². The van der Waals surface area contributed by atoms with E-state index in [1.54, 1.807) is 12.1 Å². The van der Waals surface area contributed by atoms with Gasteiger partial charge < -0.3 is 5.32 Å². The Labute approximate surface area is 82.1 Å². The summed E-state index contributed by atoms with van der Waals surface area (Å²) >= 11 is 0. The minimum atomic E-state index is -0.407. The highest BCUT2D eigenvalue weighted by Crippen LogP contribution is 2.23. The van der Waals surface area contributed by atoms with Crippen LogP contribution in [0.5, 0.6) is 0 Å². The molecule has 14 heavy (non-hydrogen) atoms. The number of hydrogen-bond donors (Lipinski definition) is 1. The van der Waals surface area contributed by atoms with Gasteiger partial charge in [0.2, 0.25) is 5.91 Å². The van der Waals surface area contributed by atoms with Crippen molar-refractivity contribution >= 4 is 17.4 Å². The molecule has 1 aromatic carbocycles. The number of carbonyl (C=O) groups excluding carboxylic acids is 2. The molecular formula is C11H11NO2. The lowest BCUT2D eigenvalue weighted by Crippen LogP contribution is -2.36. The molecule has 0 aromatic heterocycles. The number of Topliss-reactive ketones (excluding diaryl/α,β-unsaturated/α-hetero) is 1. The van der Waals surface area contributed by atoms with Gasteiger partial charge in [-0.15, -0.1) is 0 Å². The van der Waals surface area contributed by atoms with E-state index >= 15 is 0 Å². The van der Waals surface area contributed by atoms with Crippen LogP contribution in [0.1, 0.15) is 12.8 Å². The van der Waals surface area contributed by atoms with E-state index in [0.29, 0.717) is 12.8 Å². The number of nitrogens with one attached hydrogen (secondary N) is 1. The van der Waals surface area contributed by atoms with E-state index in [-0.39, 0.29) is 11.7 Å². The third kappa shape index (κ3) is 1.66. The molecule has 0 saturated heterocycles. The fourth-order valence-electron chi connectivity index (χ4n) is 1.43. The lowest BCUT2D eigenvalue weighted by Gasteiger charge is -2.22. The summed E-state index contributed by atoms with van der Waals surface area (Å²) in [6, 6.07) is 9.18. The predicted octanol–water partition coefficient (Wildman–Crippen LogP) is 1.60. The summed E-state index contributed by atoms with van der Waals surface area (Å²) in [7, 11) is 0. The first-order valence-corrected chi connectivity index (χ1v) is 4.66. The fraction of sp³-hybridized carbons (Fsp3) is 0.273. The number of ketones is 1. The highest BCUT2D eigenvalue weighted by molar-refractivity contribution is 6.10. The van der Waals surface area contributed by atoms with E-state index in [1.807, 2.05) is 18.2 Å². The zero-order valence-electron chi connectivity index (χ0n) is 7.69. The van der Waals surface area contributed by atoms with Gasteiger partial charge in [0.1, 0.15) is 5.78 Å². The topological polar surface area (TPSA) is 46.2 Å². The van der Waals surface area contributed by atoms with Crippen molar-refractivity contribution in [2.24, 2.45) is 5.92 Å². The molecule has 2 rings (SSSR count). The Bertz CT molecular complexity index is 359. The van der Waals surface area contributed by atoms with E-state index in [4.69, 9.17) is 0 Å². The maximum atomic E-state index is 11.5. The zero-order chi connectivity index (χ0) is 9.97. The van der Waals surface area contributed by atoms with Crippen molar-refractivity contribution in [2.75, 3.05) is 5.32 Å². The molecule has 1 saturated carbocycles. The van der Waals surface area contributed by atoms with Crippen LogP contribution in [0.3, 0.4) is 0 Å². The van der Waals surface area contributed by atoms with Crippen molar-refractivity contribution in [3.63, 3.8) is 0 Å². The van der Waals surface area contributed by atoms with Crippen LogP contribution in [0.2, 0.25) is 0 Å². The number of anilines is 1. The molecule has 1 unspecified atom stereocenters. The maximum absolute atomic E-state index is 11.5. The Morgan fingerprint density at radius 2 is 2.00 bits per heavy atom. The van der Waals surface area contributed by atoms with Crippen LogP contribution in [-0.4, -0.2) is 11.7 Å². The van der Waals surface area contributed by atoms with Crippen LogP contribution in [0.25, 0.3) is 0 Å². The summed E-state index contributed by atoms with van der Waals surface area (Å²) in [5.41, 5.74) is 0.747. The Morgan fingerprint density at radius 3 is 2.50 bits per heavy atom. The second-order valence-electron chi connectivity index (χ2n) is 3.41. The average molecular weight is 189 g/mol. The Morgan fingerprint density at radius 1 is 1.29 bits per heavy atom. The number of rotatable bonds is 2. The number of hydrogen-bond acceptors (Lipinski definition) is 2. The minimum Gasteiger partial charge on any atom is -0.325 e. The zero-order valence-corrected chi connectivity index (χ0v) is 7.69. The number of amides is 1. The van der Waals surface area contributed by atoms with Crippen LogP contribution in [0.15, 0.2) is 30.3 Å². The molecule has 0 aliphatic heterocycles. The molecular weight excluding hydrogens is 178 g/mol. The monoisotopic (exact) mass is 189 g/mol. The maximum Gasteiger partial charge on any atom is 0.234 e. The van der Waals surface area contributed by atoms with Crippen molar-refractivity contribution in [3.8, 4) is 0 Å². The van der Waals surface area contributed by atoms with Crippen LogP contribution < -0.4 is 5.32 Å². The number of para-hydroxylation sites is 1. The molecule has 1 atom stereocenters. The Hall–Kier alpha value is -1.64. The molecule has 3 nitrogen and oxygen atoms in total. The second-order valence-corrected chi connectivity index (χ2v) is 3.41. The SMILES string of the molecule is O=C1CCC1C(=O)Nc1ccccc1. The summed E-state index contributed by atoms with van der Waals surface area (Å²) < 4.78 is 0. The lowest BCUT2D eigenvalue weighted by molar-refractivity contribution is -0.137. The third-order valence-electron chi connectivity index (χ3n) is 2.43. The highest BCUT2D eigenvalue weighted by atomic mass is 16.2. The quantitative estimate of drug-likeness (QED) is 0.718. The van der Waals surface area contributed by atoms with Gasteiger partial charge in [-0.1, -0.05) is 18.2 Å². The molecule has 0 bridgehead atoms. The van der Waals surface area contributed by atoms with Crippen molar-refractivity contribution in [2.45, 2.75) is 12.8 Å². The normalized spacial score (nSPS) is 20.0. The summed E-state index contributed by atoms with van der Waals surface area (Å²) in [6.07, 6.45) is 1.24. The van der Waals surface area contributed by atoms with Gasteiger partial charge in [0.25, 0.3) is 0 Å². The average Bonchev–Trinajstić information content (AvgIpc) is 2.17. The van der Waals surface area contributed by atoms with Crippen LogP contribution in [0.4, 0.5) is 5.69 Å². The minimum absolute atomic E-state index is 0.0541. The van der Waals surface area contributed by atoms with Gasteiger partial charge in [-0.25, -0.2) is 0 Å². The molecule has 72 valence electrons. The third-order valence-corrected chi connectivity index (χ3v) is 2.43. The van der Waals surface area contributed by atoms with Crippen molar-refractivity contribution in [1.82, 2.24) is 0 Å². The smallest absolute Gasteiger partial charge is 0.234 e. The van der Waals surface area contributed by atoms with Gasteiger partial charge in [-0.05, 0) is 18.6 Å². The fourth-order valence-corrected chi connectivity index (χ4v) is 1.43. The molecule has 1 amide bonds. The summed E-state index contributed by atoms with van der Waals surface area (Å²) in [5, 5.41) is 2.71. The molecule has 1 aliphatic carbocycles. The first kappa shape index (κ1) is 8.94. The van der Waals surface area contributed by atoms with Crippen LogP contribution >= 0.6 is 0 Å². The lowest BCUT2D eigenvalue weighted by atomic mass is 9.83. The van der Waals surface area contributed by atoms with Crippen molar-refractivity contribution in [1.29, 1.82) is 0 Å². The van der Waals surface area contributed by atoms with Crippen LogP contribution in [0, 0.1) is 5.92 Å². The molecule has 0 radical (unpaired) electrons. The molecule has 1 fully saturated rings. The molecule has 3 heteroatoms. The van der Waals surface area contributed by atoms with Gasteiger partial charge in [-0.2, -0.15) is 0 Å². The first-order valence-electron chi connectivity index (χ1n) is 4.66. The largest absolute Gasteiger partial charge is 0.325 e. The van der Waals surface area contributed by atoms with Crippen molar-refractivity contribution < 1.29 is 9.59 Å². The predicted molar refractivity (Wildman–Crippen MR) is 52.8 cm³/mol.